The lowest BCUT2D eigenvalue weighted by Gasteiger charge is -1.99. The average molecular weight is 200 g/mol. The van der Waals surface area contributed by atoms with E-state index < -0.39 is 0 Å². The molecule has 0 atom stereocenters. The molecule has 0 saturated carbocycles. The lowest BCUT2D eigenvalue weighted by Crippen LogP contribution is -2.02. The van der Waals surface area contributed by atoms with Crippen molar-refractivity contribution in [2.24, 2.45) is 0 Å². The normalized spacial score (nSPS) is 10.2. The zero-order chi connectivity index (χ0) is 10.7. The Balaban J connectivity index is 2.37. The maximum atomic E-state index is 12.0. The van der Waals surface area contributed by atoms with Gasteiger partial charge in [0.1, 0.15) is 5.76 Å². The van der Waals surface area contributed by atoms with Crippen LogP contribution in [0.5, 0.6) is 0 Å². The molecule has 0 aliphatic heterocycles. The number of furan rings is 1. The van der Waals surface area contributed by atoms with Crippen molar-refractivity contribution in [2.45, 2.75) is 13.3 Å². The van der Waals surface area contributed by atoms with Crippen LogP contribution in [0.4, 0.5) is 0 Å². The standard InChI is InChI=1S/C13H12O2/c1-2-12-11(8-9-15-12)13(14)10-6-4-3-5-7-10/h3-9H,2H2,1H3. The summed E-state index contributed by atoms with van der Waals surface area (Å²) in [5.74, 6) is 0.782. The van der Waals surface area contributed by atoms with Crippen LogP contribution in [0.3, 0.4) is 0 Å². The molecule has 15 heavy (non-hydrogen) atoms. The summed E-state index contributed by atoms with van der Waals surface area (Å²) in [5, 5.41) is 0. The smallest absolute Gasteiger partial charge is 0.196 e. The number of hydrogen-bond donors (Lipinski definition) is 0. The second kappa shape index (κ2) is 4.13. The van der Waals surface area contributed by atoms with Crippen LogP contribution < -0.4 is 0 Å². The molecular weight excluding hydrogens is 188 g/mol. The summed E-state index contributed by atoms with van der Waals surface area (Å²) < 4.78 is 5.24. The van der Waals surface area contributed by atoms with Crippen molar-refractivity contribution < 1.29 is 9.21 Å². The largest absolute Gasteiger partial charge is 0.469 e. The zero-order valence-electron chi connectivity index (χ0n) is 8.57. The van der Waals surface area contributed by atoms with E-state index in [2.05, 4.69) is 0 Å². The number of ketones is 1. The van der Waals surface area contributed by atoms with Crippen LogP contribution in [-0.2, 0) is 6.42 Å². The van der Waals surface area contributed by atoms with Gasteiger partial charge < -0.3 is 4.42 Å². The molecule has 1 aromatic heterocycles. The van der Waals surface area contributed by atoms with Gasteiger partial charge in [-0.3, -0.25) is 4.79 Å². The number of hydrogen-bond acceptors (Lipinski definition) is 2. The molecular formula is C13H12O2. The fourth-order valence-electron chi connectivity index (χ4n) is 1.56. The van der Waals surface area contributed by atoms with Gasteiger partial charge in [-0.2, -0.15) is 0 Å². The number of carbonyl (C=O) groups excluding carboxylic acids is 1. The molecule has 2 nitrogen and oxygen atoms in total. The van der Waals surface area contributed by atoms with E-state index in [4.69, 9.17) is 4.42 Å². The van der Waals surface area contributed by atoms with Crippen molar-refractivity contribution in [3.05, 3.63) is 59.5 Å². The lowest BCUT2D eigenvalue weighted by molar-refractivity contribution is 0.103. The first-order chi connectivity index (χ1) is 7.33. The van der Waals surface area contributed by atoms with E-state index in [-0.39, 0.29) is 5.78 Å². The summed E-state index contributed by atoms with van der Waals surface area (Å²) in [5.41, 5.74) is 1.37. The highest BCUT2D eigenvalue weighted by Crippen LogP contribution is 2.16. The molecule has 0 unspecified atom stereocenters. The fraction of sp³-hybridized carbons (Fsp3) is 0.154. The molecule has 0 saturated heterocycles. The number of benzene rings is 1. The van der Waals surface area contributed by atoms with Gasteiger partial charge in [0.15, 0.2) is 5.78 Å². The van der Waals surface area contributed by atoms with Crippen LogP contribution in [0.15, 0.2) is 47.1 Å². The minimum absolute atomic E-state index is 0.0289. The monoisotopic (exact) mass is 200 g/mol. The summed E-state index contributed by atoms with van der Waals surface area (Å²) in [6.45, 7) is 1.97. The fourth-order valence-corrected chi connectivity index (χ4v) is 1.56. The third kappa shape index (κ3) is 1.84. The van der Waals surface area contributed by atoms with Crippen molar-refractivity contribution >= 4 is 5.78 Å². The Hall–Kier alpha value is -1.83. The van der Waals surface area contributed by atoms with Crippen LogP contribution >= 0.6 is 0 Å². The van der Waals surface area contributed by atoms with Crippen LogP contribution in [0.1, 0.15) is 28.6 Å². The molecule has 0 aliphatic carbocycles. The number of carbonyl (C=O) groups is 1. The predicted octanol–water partition coefficient (Wildman–Crippen LogP) is 3.07. The predicted molar refractivity (Wildman–Crippen MR) is 58.0 cm³/mol. The molecule has 2 rings (SSSR count). The average Bonchev–Trinajstić information content (AvgIpc) is 2.77. The van der Waals surface area contributed by atoms with E-state index in [0.717, 1.165) is 12.2 Å². The van der Waals surface area contributed by atoms with Gasteiger partial charge in [-0.15, -0.1) is 0 Å². The van der Waals surface area contributed by atoms with Crippen molar-refractivity contribution in [3.63, 3.8) is 0 Å². The Morgan fingerprint density at radius 3 is 2.60 bits per heavy atom. The molecule has 0 aliphatic rings. The van der Waals surface area contributed by atoms with Gasteiger partial charge in [0.05, 0.1) is 11.8 Å². The van der Waals surface area contributed by atoms with E-state index in [1.54, 1.807) is 12.3 Å². The molecule has 0 N–H and O–H groups in total. The maximum Gasteiger partial charge on any atom is 0.196 e. The van der Waals surface area contributed by atoms with E-state index in [9.17, 15) is 4.79 Å². The van der Waals surface area contributed by atoms with Gasteiger partial charge >= 0.3 is 0 Å². The van der Waals surface area contributed by atoms with E-state index >= 15 is 0 Å². The first kappa shape index (κ1) is 9.71. The van der Waals surface area contributed by atoms with E-state index in [0.29, 0.717) is 11.1 Å². The van der Waals surface area contributed by atoms with Crippen molar-refractivity contribution in [1.29, 1.82) is 0 Å². The number of aryl methyl sites for hydroxylation is 1. The Kier molecular flexibility index (Phi) is 2.68. The van der Waals surface area contributed by atoms with Crippen LogP contribution in [0.2, 0.25) is 0 Å². The Bertz CT molecular complexity index is 454. The highest BCUT2D eigenvalue weighted by Gasteiger charge is 2.14. The zero-order valence-corrected chi connectivity index (χ0v) is 8.57. The van der Waals surface area contributed by atoms with Gasteiger partial charge in [-0.05, 0) is 6.07 Å². The topological polar surface area (TPSA) is 30.2 Å². The quantitative estimate of drug-likeness (QED) is 0.713. The van der Waals surface area contributed by atoms with E-state index in [1.807, 2.05) is 37.3 Å². The Morgan fingerprint density at radius 2 is 1.93 bits per heavy atom. The molecule has 0 spiro atoms. The molecule has 1 aromatic carbocycles. The molecule has 0 bridgehead atoms. The highest BCUT2D eigenvalue weighted by molar-refractivity contribution is 6.09. The summed E-state index contributed by atoms with van der Waals surface area (Å²) >= 11 is 0. The second-order valence-electron chi connectivity index (χ2n) is 3.31. The van der Waals surface area contributed by atoms with Crippen molar-refractivity contribution in [1.82, 2.24) is 0 Å². The molecule has 2 aromatic rings. The molecule has 1 heterocycles. The highest BCUT2D eigenvalue weighted by atomic mass is 16.3. The molecule has 0 radical (unpaired) electrons. The summed E-state index contributed by atoms with van der Waals surface area (Å²) in [6.07, 6.45) is 2.30. The molecule has 76 valence electrons. The van der Waals surface area contributed by atoms with Gasteiger partial charge in [0.25, 0.3) is 0 Å². The van der Waals surface area contributed by atoms with Crippen LogP contribution in [-0.4, -0.2) is 5.78 Å². The third-order valence-corrected chi connectivity index (χ3v) is 2.35. The molecule has 2 heteroatoms. The summed E-state index contributed by atoms with van der Waals surface area (Å²) in [6, 6.07) is 11.0. The van der Waals surface area contributed by atoms with E-state index in [1.165, 1.54) is 0 Å². The van der Waals surface area contributed by atoms with Crippen molar-refractivity contribution in [2.75, 3.05) is 0 Å². The van der Waals surface area contributed by atoms with Gasteiger partial charge in [0.2, 0.25) is 0 Å². The summed E-state index contributed by atoms with van der Waals surface area (Å²) in [4.78, 5) is 12.0. The third-order valence-electron chi connectivity index (χ3n) is 2.35. The SMILES string of the molecule is CCc1occc1C(=O)c1ccccc1. The first-order valence-corrected chi connectivity index (χ1v) is 4.99. The van der Waals surface area contributed by atoms with Gasteiger partial charge in [0, 0.05) is 12.0 Å². The molecule has 0 fully saturated rings. The van der Waals surface area contributed by atoms with Crippen LogP contribution in [0.25, 0.3) is 0 Å². The molecule has 0 amide bonds. The Labute approximate surface area is 88.5 Å². The first-order valence-electron chi connectivity index (χ1n) is 4.99. The van der Waals surface area contributed by atoms with Gasteiger partial charge in [-0.25, -0.2) is 0 Å². The van der Waals surface area contributed by atoms with Crippen LogP contribution in [0, 0.1) is 0 Å². The minimum Gasteiger partial charge on any atom is -0.469 e. The maximum absolute atomic E-state index is 12.0. The minimum atomic E-state index is 0.0289. The summed E-state index contributed by atoms with van der Waals surface area (Å²) in [7, 11) is 0. The number of rotatable bonds is 3. The van der Waals surface area contributed by atoms with Crippen molar-refractivity contribution in [3.8, 4) is 0 Å². The van der Waals surface area contributed by atoms with Gasteiger partial charge in [-0.1, -0.05) is 37.3 Å². The lowest BCUT2D eigenvalue weighted by atomic mass is 10.0. The Morgan fingerprint density at radius 1 is 1.20 bits per heavy atom. The second-order valence-corrected chi connectivity index (χ2v) is 3.31.